The Kier molecular flexibility index (Phi) is 6.96. The summed E-state index contributed by atoms with van der Waals surface area (Å²) < 4.78 is 0. The van der Waals surface area contributed by atoms with Crippen molar-refractivity contribution in [1.82, 2.24) is 5.32 Å². The molecule has 0 fully saturated rings. The molecule has 0 bridgehead atoms. The molecule has 0 unspecified atom stereocenters. The smallest absolute Gasteiger partial charge is 0.242 e. The first kappa shape index (κ1) is 19.7. The second-order valence-electron chi connectivity index (χ2n) is 6.86. The average Bonchev–Trinajstić information content (AvgIpc) is 2.67. The Balaban J connectivity index is 1.92. The number of hydrogen-bond donors (Lipinski definition) is 1. The summed E-state index contributed by atoms with van der Waals surface area (Å²) >= 11 is 0. The number of amides is 2. The number of anilines is 1. The zero-order valence-electron chi connectivity index (χ0n) is 15.9. The van der Waals surface area contributed by atoms with Gasteiger partial charge in [0.1, 0.15) is 5.41 Å². The van der Waals surface area contributed by atoms with Crippen molar-refractivity contribution in [2.24, 2.45) is 5.41 Å². The SMILES string of the molecule is CCN(C(=O)C(C)(C)C(=O)NCCCc1ccccc1)c1ccccc1. The van der Waals surface area contributed by atoms with Gasteiger partial charge < -0.3 is 10.2 Å². The van der Waals surface area contributed by atoms with E-state index < -0.39 is 5.41 Å². The quantitative estimate of drug-likeness (QED) is 0.580. The lowest BCUT2D eigenvalue weighted by Gasteiger charge is -2.30. The van der Waals surface area contributed by atoms with Gasteiger partial charge in [-0.3, -0.25) is 9.59 Å². The van der Waals surface area contributed by atoms with Crippen molar-refractivity contribution in [3.05, 3.63) is 66.2 Å². The minimum Gasteiger partial charge on any atom is -0.355 e. The molecule has 0 saturated carbocycles. The molecule has 0 spiro atoms. The van der Waals surface area contributed by atoms with Crippen LogP contribution >= 0.6 is 0 Å². The third-order valence-electron chi connectivity index (χ3n) is 4.50. The van der Waals surface area contributed by atoms with Crippen LogP contribution in [0.3, 0.4) is 0 Å². The molecule has 2 aromatic carbocycles. The summed E-state index contributed by atoms with van der Waals surface area (Å²) in [4.78, 5) is 27.2. The Hall–Kier alpha value is -2.62. The van der Waals surface area contributed by atoms with Crippen LogP contribution in [0.5, 0.6) is 0 Å². The van der Waals surface area contributed by atoms with E-state index in [1.54, 1.807) is 18.7 Å². The zero-order chi connectivity index (χ0) is 19.0. The average molecular weight is 352 g/mol. The van der Waals surface area contributed by atoms with Crippen LogP contribution in [-0.2, 0) is 16.0 Å². The fourth-order valence-corrected chi connectivity index (χ4v) is 2.85. The van der Waals surface area contributed by atoms with Crippen LogP contribution in [0.15, 0.2) is 60.7 Å². The molecular formula is C22H28N2O2. The third-order valence-corrected chi connectivity index (χ3v) is 4.50. The number of aryl methyl sites for hydroxylation is 1. The lowest BCUT2D eigenvalue weighted by molar-refractivity contribution is -0.139. The van der Waals surface area contributed by atoms with Gasteiger partial charge in [0.25, 0.3) is 0 Å². The number of rotatable bonds is 8. The molecule has 138 valence electrons. The van der Waals surface area contributed by atoms with Gasteiger partial charge in [0.05, 0.1) is 0 Å². The molecule has 1 N–H and O–H groups in total. The second kappa shape index (κ2) is 9.18. The first-order chi connectivity index (χ1) is 12.5. The van der Waals surface area contributed by atoms with E-state index in [2.05, 4.69) is 17.4 Å². The van der Waals surface area contributed by atoms with E-state index in [1.165, 1.54) is 5.56 Å². The molecule has 2 aromatic rings. The highest BCUT2D eigenvalue weighted by molar-refractivity contribution is 6.11. The maximum absolute atomic E-state index is 13.0. The van der Waals surface area contributed by atoms with Crippen molar-refractivity contribution < 1.29 is 9.59 Å². The van der Waals surface area contributed by atoms with Crippen LogP contribution in [0.25, 0.3) is 0 Å². The molecule has 0 aromatic heterocycles. The Labute approximate surface area is 156 Å². The minimum atomic E-state index is -1.11. The van der Waals surface area contributed by atoms with Crippen LogP contribution in [0.1, 0.15) is 32.8 Å². The summed E-state index contributed by atoms with van der Waals surface area (Å²) in [5, 5.41) is 2.92. The van der Waals surface area contributed by atoms with E-state index in [9.17, 15) is 9.59 Å². The van der Waals surface area contributed by atoms with Gasteiger partial charge in [0, 0.05) is 18.8 Å². The minimum absolute atomic E-state index is 0.188. The normalized spacial score (nSPS) is 11.0. The van der Waals surface area contributed by atoms with Crippen LogP contribution in [0.2, 0.25) is 0 Å². The van der Waals surface area contributed by atoms with Crippen LogP contribution < -0.4 is 10.2 Å². The van der Waals surface area contributed by atoms with Crippen LogP contribution in [-0.4, -0.2) is 24.9 Å². The summed E-state index contributed by atoms with van der Waals surface area (Å²) in [6, 6.07) is 19.6. The van der Waals surface area contributed by atoms with Gasteiger partial charge in [0.15, 0.2) is 0 Å². The monoisotopic (exact) mass is 352 g/mol. The predicted molar refractivity (Wildman–Crippen MR) is 106 cm³/mol. The molecule has 0 aliphatic rings. The first-order valence-electron chi connectivity index (χ1n) is 9.16. The highest BCUT2D eigenvalue weighted by Gasteiger charge is 2.39. The molecule has 4 heteroatoms. The lowest BCUT2D eigenvalue weighted by atomic mass is 9.90. The topological polar surface area (TPSA) is 49.4 Å². The molecule has 4 nitrogen and oxygen atoms in total. The number of benzene rings is 2. The van der Waals surface area contributed by atoms with Crippen molar-refractivity contribution in [3.63, 3.8) is 0 Å². The standard InChI is InChI=1S/C22H28N2O2/c1-4-24(19-15-9-6-10-16-19)21(26)22(2,3)20(25)23-17-11-14-18-12-7-5-8-13-18/h5-10,12-13,15-16H,4,11,14,17H2,1-3H3,(H,23,25). The molecule has 0 saturated heterocycles. The summed E-state index contributed by atoms with van der Waals surface area (Å²) in [5.41, 5.74) is 0.946. The van der Waals surface area contributed by atoms with Gasteiger partial charge in [-0.25, -0.2) is 0 Å². The lowest BCUT2D eigenvalue weighted by Crippen LogP contribution is -2.50. The van der Waals surface area contributed by atoms with Crippen LogP contribution in [0.4, 0.5) is 5.69 Å². The maximum Gasteiger partial charge on any atom is 0.242 e. The fourth-order valence-electron chi connectivity index (χ4n) is 2.85. The van der Waals surface area contributed by atoms with Gasteiger partial charge in [-0.15, -0.1) is 0 Å². The van der Waals surface area contributed by atoms with Crippen molar-refractivity contribution in [2.45, 2.75) is 33.6 Å². The molecule has 2 amide bonds. The number of hydrogen-bond acceptors (Lipinski definition) is 2. The van der Waals surface area contributed by atoms with E-state index in [1.807, 2.05) is 55.5 Å². The molecule has 0 atom stereocenters. The van der Waals surface area contributed by atoms with Crippen molar-refractivity contribution in [3.8, 4) is 0 Å². The second-order valence-corrected chi connectivity index (χ2v) is 6.86. The number of para-hydroxylation sites is 1. The zero-order valence-corrected chi connectivity index (χ0v) is 15.9. The molecule has 26 heavy (non-hydrogen) atoms. The van der Waals surface area contributed by atoms with E-state index in [0.717, 1.165) is 18.5 Å². The highest BCUT2D eigenvalue weighted by atomic mass is 16.2. The van der Waals surface area contributed by atoms with E-state index in [0.29, 0.717) is 13.1 Å². The number of carbonyl (C=O) groups is 2. The first-order valence-corrected chi connectivity index (χ1v) is 9.16. The van der Waals surface area contributed by atoms with Gasteiger partial charge in [0.2, 0.25) is 11.8 Å². The molecule has 0 radical (unpaired) electrons. The third kappa shape index (κ3) is 4.94. The van der Waals surface area contributed by atoms with Crippen molar-refractivity contribution in [1.29, 1.82) is 0 Å². The van der Waals surface area contributed by atoms with Crippen LogP contribution in [0, 0.1) is 5.41 Å². The number of nitrogens with zero attached hydrogens (tertiary/aromatic N) is 1. The highest BCUT2D eigenvalue weighted by Crippen LogP contribution is 2.24. The Morgan fingerprint density at radius 1 is 0.962 bits per heavy atom. The molecule has 0 aliphatic heterocycles. The largest absolute Gasteiger partial charge is 0.355 e. The van der Waals surface area contributed by atoms with E-state index in [-0.39, 0.29) is 11.8 Å². The number of nitrogens with one attached hydrogen (secondary N) is 1. The van der Waals surface area contributed by atoms with Gasteiger partial charge in [-0.2, -0.15) is 0 Å². The van der Waals surface area contributed by atoms with E-state index in [4.69, 9.17) is 0 Å². The summed E-state index contributed by atoms with van der Waals surface area (Å²) in [6.45, 7) is 6.37. The van der Waals surface area contributed by atoms with Crippen molar-refractivity contribution >= 4 is 17.5 Å². The maximum atomic E-state index is 13.0. The number of carbonyl (C=O) groups excluding carboxylic acids is 2. The Morgan fingerprint density at radius 3 is 2.12 bits per heavy atom. The van der Waals surface area contributed by atoms with Gasteiger partial charge in [-0.05, 0) is 51.3 Å². The molecule has 0 heterocycles. The fraction of sp³-hybridized carbons (Fsp3) is 0.364. The van der Waals surface area contributed by atoms with Gasteiger partial charge >= 0.3 is 0 Å². The van der Waals surface area contributed by atoms with Gasteiger partial charge in [-0.1, -0.05) is 48.5 Å². The summed E-state index contributed by atoms with van der Waals surface area (Å²) in [7, 11) is 0. The predicted octanol–water partition coefficient (Wildman–Crippen LogP) is 3.81. The molecule has 0 aliphatic carbocycles. The van der Waals surface area contributed by atoms with Crippen molar-refractivity contribution in [2.75, 3.05) is 18.0 Å². The Morgan fingerprint density at radius 2 is 1.54 bits per heavy atom. The summed E-state index contributed by atoms with van der Waals surface area (Å²) in [6.07, 6.45) is 1.75. The summed E-state index contributed by atoms with van der Waals surface area (Å²) in [5.74, 6) is -0.420. The molecule has 2 rings (SSSR count). The molecular weight excluding hydrogens is 324 g/mol. The van der Waals surface area contributed by atoms with E-state index >= 15 is 0 Å². The Bertz CT molecular complexity index is 711.